The summed E-state index contributed by atoms with van der Waals surface area (Å²) in [6, 6.07) is 8.34. The highest BCUT2D eigenvalue weighted by Gasteiger charge is 2.08. The maximum Gasteiger partial charge on any atom is 0.121 e. The van der Waals surface area contributed by atoms with Crippen LogP contribution in [0.2, 0.25) is 0 Å². The van der Waals surface area contributed by atoms with Crippen molar-refractivity contribution >= 4 is 5.69 Å². The van der Waals surface area contributed by atoms with Crippen molar-refractivity contribution in [2.45, 2.75) is 32.2 Å². The molecule has 0 amide bonds. The van der Waals surface area contributed by atoms with Gasteiger partial charge in [-0.05, 0) is 37.9 Å². The molecule has 1 rings (SSSR count). The number of nitrogens with one attached hydrogen (secondary N) is 1. The summed E-state index contributed by atoms with van der Waals surface area (Å²) in [4.78, 5) is 0. The average molecular weight is 266 g/mol. The molecule has 4 nitrogen and oxygen atoms in total. The summed E-state index contributed by atoms with van der Waals surface area (Å²) in [5.74, 6) is 0.904. The molecule has 0 radical (unpaired) electrons. The molecule has 0 aliphatic heterocycles. The summed E-state index contributed by atoms with van der Waals surface area (Å²) >= 11 is 0. The number of hydrogen-bond donors (Lipinski definition) is 2. The van der Waals surface area contributed by atoms with Gasteiger partial charge in [0.25, 0.3) is 0 Å². The van der Waals surface area contributed by atoms with Gasteiger partial charge in [0.2, 0.25) is 0 Å². The molecule has 108 valence electrons. The second-order valence-electron chi connectivity index (χ2n) is 4.60. The van der Waals surface area contributed by atoms with E-state index in [9.17, 15) is 0 Å². The minimum absolute atomic E-state index is 0.287. The van der Waals surface area contributed by atoms with Crippen LogP contribution in [0.1, 0.15) is 26.2 Å². The lowest BCUT2D eigenvalue weighted by Crippen LogP contribution is -2.25. The van der Waals surface area contributed by atoms with Crippen LogP contribution in [0, 0.1) is 0 Å². The Hall–Kier alpha value is -1.26. The molecule has 0 saturated carbocycles. The van der Waals surface area contributed by atoms with Gasteiger partial charge in [0.15, 0.2) is 0 Å². The highest BCUT2D eigenvalue weighted by molar-refractivity contribution is 5.48. The minimum Gasteiger partial charge on any atom is -0.494 e. The van der Waals surface area contributed by atoms with Gasteiger partial charge in [-0.25, -0.2) is 0 Å². The minimum atomic E-state index is 0.287. The van der Waals surface area contributed by atoms with Gasteiger partial charge >= 0.3 is 0 Å². The van der Waals surface area contributed by atoms with E-state index in [1.54, 1.807) is 7.11 Å². The second-order valence-corrected chi connectivity index (χ2v) is 4.60. The third kappa shape index (κ3) is 6.45. The number of nitrogens with two attached hydrogens (primary N) is 1. The molecule has 19 heavy (non-hydrogen) atoms. The summed E-state index contributed by atoms with van der Waals surface area (Å²) in [5.41, 5.74) is 6.62. The number of hydrogen-bond acceptors (Lipinski definition) is 4. The third-order valence-electron chi connectivity index (χ3n) is 2.80. The topological polar surface area (TPSA) is 56.5 Å². The predicted molar refractivity (Wildman–Crippen MR) is 79.8 cm³/mol. The lowest BCUT2D eigenvalue weighted by molar-refractivity contribution is 0.182. The van der Waals surface area contributed by atoms with E-state index in [2.05, 4.69) is 12.2 Å². The van der Waals surface area contributed by atoms with E-state index in [0.29, 0.717) is 13.2 Å². The van der Waals surface area contributed by atoms with E-state index in [1.807, 2.05) is 24.3 Å². The van der Waals surface area contributed by atoms with Crippen LogP contribution in [0.3, 0.4) is 0 Å². The molecular formula is C15H26N2O2. The molecule has 3 N–H and O–H groups in total. The first-order chi connectivity index (χ1) is 9.30. The summed E-state index contributed by atoms with van der Waals surface area (Å²) in [7, 11) is 1.72. The van der Waals surface area contributed by atoms with Gasteiger partial charge in [0.1, 0.15) is 5.75 Å². The van der Waals surface area contributed by atoms with Crippen molar-refractivity contribution in [1.29, 1.82) is 0 Å². The van der Waals surface area contributed by atoms with Crippen LogP contribution in [0.4, 0.5) is 5.69 Å². The van der Waals surface area contributed by atoms with E-state index in [4.69, 9.17) is 15.2 Å². The van der Waals surface area contributed by atoms with Crippen molar-refractivity contribution in [3.05, 3.63) is 24.3 Å². The van der Waals surface area contributed by atoms with Crippen molar-refractivity contribution in [2.75, 3.05) is 32.2 Å². The number of benzene rings is 1. The molecular weight excluding hydrogens is 240 g/mol. The Morgan fingerprint density at radius 3 is 2.89 bits per heavy atom. The normalized spacial score (nSPS) is 12.2. The zero-order valence-corrected chi connectivity index (χ0v) is 12.0. The lowest BCUT2D eigenvalue weighted by Gasteiger charge is -2.19. The van der Waals surface area contributed by atoms with E-state index < -0.39 is 0 Å². The molecule has 0 bridgehead atoms. The molecule has 1 atom stereocenters. The first kappa shape index (κ1) is 15.8. The fourth-order valence-corrected chi connectivity index (χ4v) is 1.89. The lowest BCUT2D eigenvalue weighted by atomic mass is 10.1. The Balaban J connectivity index is 2.56. The SMILES string of the molecule is CCCOc1cccc(NC(CCCN)COC)c1. The molecule has 0 heterocycles. The molecule has 1 unspecified atom stereocenters. The monoisotopic (exact) mass is 266 g/mol. The molecule has 0 aliphatic rings. The molecule has 0 spiro atoms. The Morgan fingerprint density at radius 1 is 1.37 bits per heavy atom. The Bertz CT molecular complexity index is 345. The molecule has 1 aromatic rings. The molecule has 0 fully saturated rings. The van der Waals surface area contributed by atoms with Gasteiger partial charge in [0, 0.05) is 24.9 Å². The van der Waals surface area contributed by atoms with E-state index >= 15 is 0 Å². The summed E-state index contributed by atoms with van der Waals surface area (Å²) < 4.78 is 10.9. The maximum absolute atomic E-state index is 5.63. The van der Waals surface area contributed by atoms with Crippen molar-refractivity contribution < 1.29 is 9.47 Å². The fourth-order valence-electron chi connectivity index (χ4n) is 1.89. The van der Waals surface area contributed by atoms with Crippen LogP contribution in [0.5, 0.6) is 5.75 Å². The molecule has 0 saturated heterocycles. The Labute approximate surface area is 116 Å². The fraction of sp³-hybridized carbons (Fsp3) is 0.600. The Kier molecular flexibility index (Phi) is 8.02. The molecule has 1 aromatic carbocycles. The van der Waals surface area contributed by atoms with E-state index in [-0.39, 0.29) is 6.04 Å². The number of ether oxygens (including phenoxy) is 2. The van der Waals surface area contributed by atoms with Gasteiger partial charge in [0.05, 0.1) is 13.2 Å². The quantitative estimate of drug-likeness (QED) is 0.683. The zero-order chi connectivity index (χ0) is 13.9. The average Bonchev–Trinajstić information content (AvgIpc) is 2.43. The first-order valence-corrected chi connectivity index (χ1v) is 6.98. The highest BCUT2D eigenvalue weighted by atomic mass is 16.5. The number of rotatable bonds is 10. The Morgan fingerprint density at radius 2 is 2.21 bits per heavy atom. The van der Waals surface area contributed by atoms with Crippen molar-refractivity contribution in [1.82, 2.24) is 0 Å². The van der Waals surface area contributed by atoms with Crippen LogP contribution in [-0.4, -0.2) is 32.9 Å². The van der Waals surface area contributed by atoms with Crippen LogP contribution in [-0.2, 0) is 4.74 Å². The molecule has 4 heteroatoms. The van der Waals surface area contributed by atoms with E-state index in [0.717, 1.165) is 37.3 Å². The molecule has 0 aromatic heterocycles. The zero-order valence-electron chi connectivity index (χ0n) is 12.0. The number of anilines is 1. The van der Waals surface area contributed by atoms with Crippen LogP contribution >= 0.6 is 0 Å². The first-order valence-electron chi connectivity index (χ1n) is 6.98. The largest absolute Gasteiger partial charge is 0.494 e. The van der Waals surface area contributed by atoms with Crippen LogP contribution in [0.25, 0.3) is 0 Å². The van der Waals surface area contributed by atoms with Gasteiger partial charge in [-0.1, -0.05) is 13.0 Å². The van der Waals surface area contributed by atoms with Gasteiger partial charge in [-0.15, -0.1) is 0 Å². The second kappa shape index (κ2) is 9.64. The highest BCUT2D eigenvalue weighted by Crippen LogP contribution is 2.19. The summed E-state index contributed by atoms with van der Waals surface area (Å²) in [5, 5.41) is 3.47. The van der Waals surface area contributed by atoms with Crippen molar-refractivity contribution in [3.63, 3.8) is 0 Å². The van der Waals surface area contributed by atoms with Gasteiger partial charge in [-0.2, -0.15) is 0 Å². The van der Waals surface area contributed by atoms with Gasteiger partial charge < -0.3 is 20.5 Å². The van der Waals surface area contributed by atoms with Gasteiger partial charge in [-0.3, -0.25) is 0 Å². The predicted octanol–water partition coefficient (Wildman–Crippen LogP) is 2.64. The summed E-state index contributed by atoms with van der Waals surface area (Å²) in [6.07, 6.45) is 3.01. The smallest absolute Gasteiger partial charge is 0.121 e. The summed E-state index contributed by atoms with van der Waals surface area (Å²) in [6.45, 7) is 4.24. The van der Waals surface area contributed by atoms with Crippen molar-refractivity contribution in [2.24, 2.45) is 5.73 Å². The molecule has 0 aliphatic carbocycles. The van der Waals surface area contributed by atoms with Crippen molar-refractivity contribution in [3.8, 4) is 5.75 Å². The maximum atomic E-state index is 5.63. The van der Waals surface area contributed by atoms with Crippen LogP contribution in [0.15, 0.2) is 24.3 Å². The number of methoxy groups -OCH3 is 1. The van der Waals surface area contributed by atoms with E-state index in [1.165, 1.54) is 0 Å². The third-order valence-corrected chi connectivity index (χ3v) is 2.80. The van der Waals surface area contributed by atoms with Crippen LogP contribution < -0.4 is 15.8 Å². The standard InChI is InChI=1S/C15H26N2O2/c1-3-10-19-15-8-4-6-13(11-15)17-14(12-18-2)7-5-9-16/h4,6,8,11,14,17H,3,5,7,9-10,12,16H2,1-2H3.